The molecule has 0 bridgehead atoms. The van der Waals surface area contributed by atoms with Crippen LogP contribution < -0.4 is 5.73 Å². The van der Waals surface area contributed by atoms with Gasteiger partial charge in [-0.3, -0.25) is 4.90 Å². The Bertz CT molecular complexity index is 565. The molecular weight excluding hydrogens is 370 g/mol. The molecule has 2 heterocycles. The number of nitrogens with zero attached hydrogens (tertiary/aromatic N) is 2. The lowest BCUT2D eigenvalue weighted by molar-refractivity contribution is 0.206. The molecule has 1 aliphatic rings. The van der Waals surface area contributed by atoms with E-state index >= 15 is 0 Å². The highest BCUT2D eigenvalue weighted by Gasteiger charge is 2.20. The van der Waals surface area contributed by atoms with Gasteiger partial charge >= 0.3 is 0 Å². The molecule has 21 heavy (non-hydrogen) atoms. The van der Waals surface area contributed by atoms with Crippen LogP contribution in [0.5, 0.6) is 0 Å². The van der Waals surface area contributed by atoms with Crippen molar-refractivity contribution in [2.75, 3.05) is 18.8 Å². The molecule has 1 aromatic carbocycles. The number of rotatable bonds is 3. The summed E-state index contributed by atoms with van der Waals surface area (Å²) in [6.45, 7) is 3.29. The smallest absolute Gasteiger partial charge is 0.180 e. The summed E-state index contributed by atoms with van der Waals surface area (Å²) in [5, 5.41) is 0.671. The van der Waals surface area contributed by atoms with Gasteiger partial charge in [-0.15, -0.1) is 23.7 Å². The monoisotopic (exact) mass is 387 g/mol. The molecule has 1 fully saturated rings. The number of hydrogen-bond acceptors (Lipinski definition) is 4. The van der Waals surface area contributed by atoms with Gasteiger partial charge in [-0.2, -0.15) is 0 Å². The number of piperidine rings is 1. The van der Waals surface area contributed by atoms with Crippen molar-refractivity contribution in [1.82, 2.24) is 9.88 Å². The van der Waals surface area contributed by atoms with Gasteiger partial charge in [0.1, 0.15) is 0 Å². The van der Waals surface area contributed by atoms with Crippen LogP contribution in [-0.4, -0.2) is 23.0 Å². The summed E-state index contributed by atoms with van der Waals surface area (Å²) in [5.74, 6) is 0.700. The standard InChI is InChI=1S/C15H18BrN3S.ClH/c16-13-3-1-11(2-4-13)12-5-7-19(8-6-12)10-14-9-18-15(17)20-14;/h1-4,9,12H,5-8,10H2,(H2,17,18);1H. The topological polar surface area (TPSA) is 42.1 Å². The van der Waals surface area contributed by atoms with E-state index in [1.807, 2.05) is 6.20 Å². The van der Waals surface area contributed by atoms with E-state index in [1.54, 1.807) is 11.3 Å². The largest absolute Gasteiger partial charge is 0.375 e. The molecule has 0 spiro atoms. The zero-order chi connectivity index (χ0) is 13.9. The summed E-state index contributed by atoms with van der Waals surface area (Å²) in [5.41, 5.74) is 7.15. The molecule has 0 saturated carbocycles. The van der Waals surface area contributed by atoms with Crippen LogP contribution in [0.15, 0.2) is 34.9 Å². The van der Waals surface area contributed by atoms with Gasteiger partial charge in [-0.25, -0.2) is 4.98 Å². The van der Waals surface area contributed by atoms with Crippen molar-refractivity contribution in [3.63, 3.8) is 0 Å². The average Bonchev–Trinajstić information content (AvgIpc) is 2.86. The van der Waals surface area contributed by atoms with Crippen molar-refractivity contribution in [3.05, 3.63) is 45.4 Å². The molecule has 1 aliphatic heterocycles. The molecule has 3 rings (SSSR count). The number of nitrogens with two attached hydrogens (primary N) is 1. The normalized spacial score (nSPS) is 16.6. The quantitative estimate of drug-likeness (QED) is 0.853. The number of aromatic nitrogens is 1. The predicted octanol–water partition coefficient (Wildman–Crippen LogP) is 4.29. The van der Waals surface area contributed by atoms with Gasteiger partial charge in [-0.05, 0) is 49.5 Å². The van der Waals surface area contributed by atoms with Crippen LogP contribution in [0, 0.1) is 0 Å². The Balaban J connectivity index is 0.00000161. The lowest BCUT2D eigenvalue weighted by atomic mass is 9.89. The van der Waals surface area contributed by atoms with Gasteiger partial charge in [0, 0.05) is 22.1 Å². The maximum atomic E-state index is 5.68. The molecule has 0 atom stereocenters. The Kier molecular flexibility index (Phi) is 6.05. The molecule has 0 unspecified atom stereocenters. The fraction of sp³-hybridized carbons (Fsp3) is 0.400. The van der Waals surface area contributed by atoms with Gasteiger partial charge in [0.05, 0.1) is 0 Å². The van der Waals surface area contributed by atoms with Crippen molar-refractivity contribution in [2.24, 2.45) is 0 Å². The first kappa shape index (κ1) is 16.7. The first-order valence-corrected chi connectivity index (χ1v) is 8.49. The summed E-state index contributed by atoms with van der Waals surface area (Å²) < 4.78 is 1.15. The van der Waals surface area contributed by atoms with Gasteiger partial charge in [0.2, 0.25) is 0 Å². The van der Waals surface area contributed by atoms with Crippen molar-refractivity contribution in [2.45, 2.75) is 25.3 Å². The van der Waals surface area contributed by atoms with Crippen molar-refractivity contribution in [3.8, 4) is 0 Å². The third-order valence-electron chi connectivity index (χ3n) is 3.88. The van der Waals surface area contributed by atoms with E-state index < -0.39 is 0 Å². The fourth-order valence-electron chi connectivity index (χ4n) is 2.78. The first-order valence-electron chi connectivity index (χ1n) is 6.89. The molecule has 0 radical (unpaired) electrons. The number of thiazole rings is 1. The van der Waals surface area contributed by atoms with E-state index in [0.29, 0.717) is 11.0 Å². The summed E-state index contributed by atoms with van der Waals surface area (Å²) in [7, 11) is 0. The number of benzene rings is 1. The van der Waals surface area contributed by atoms with E-state index in [4.69, 9.17) is 5.73 Å². The molecule has 6 heteroatoms. The second-order valence-corrected chi connectivity index (χ2v) is 7.33. The molecule has 0 amide bonds. The Morgan fingerprint density at radius 2 is 1.90 bits per heavy atom. The van der Waals surface area contributed by atoms with E-state index in [-0.39, 0.29) is 12.4 Å². The van der Waals surface area contributed by atoms with Gasteiger partial charge in [0.25, 0.3) is 0 Å². The highest BCUT2D eigenvalue weighted by atomic mass is 79.9. The van der Waals surface area contributed by atoms with Crippen molar-refractivity contribution >= 4 is 44.8 Å². The zero-order valence-corrected chi connectivity index (χ0v) is 14.9. The SMILES string of the molecule is Cl.Nc1ncc(CN2CCC(c3ccc(Br)cc3)CC2)s1. The summed E-state index contributed by atoms with van der Waals surface area (Å²) in [6.07, 6.45) is 4.37. The maximum absolute atomic E-state index is 5.68. The summed E-state index contributed by atoms with van der Waals surface area (Å²) >= 11 is 5.09. The fourth-order valence-corrected chi connectivity index (χ4v) is 3.77. The Hall–Kier alpha value is -0.620. The van der Waals surface area contributed by atoms with E-state index in [2.05, 4.69) is 50.1 Å². The van der Waals surface area contributed by atoms with E-state index in [9.17, 15) is 0 Å². The highest BCUT2D eigenvalue weighted by molar-refractivity contribution is 9.10. The molecule has 3 nitrogen and oxygen atoms in total. The van der Waals surface area contributed by atoms with Crippen LogP contribution in [0.4, 0.5) is 5.13 Å². The molecule has 1 saturated heterocycles. The molecule has 2 aromatic rings. The second-order valence-electron chi connectivity index (χ2n) is 5.27. The van der Waals surface area contributed by atoms with Gasteiger partial charge in [0.15, 0.2) is 5.13 Å². The minimum atomic E-state index is 0. The van der Waals surface area contributed by atoms with Crippen LogP contribution in [-0.2, 0) is 6.54 Å². The lowest BCUT2D eigenvalue weighted by Crippen LogP contribution is -2.32. The number of likely N-dealkylation sites (tertiary alicyclic amines) is 1. The molecule has 0 aliphatic carbocycles. The Labute approximate surface area is 144 Å². The summed E-state index contributed by atoms with van der Waals surface area (Å²) in [6, 6.07) is 8.77. The third-order valence-corrected chi connectivity index (χ3v) is 5.22. The number of hydrogen-bond donors (Lipinski definition) is 1. The van der Waals surface area contributed by atoms with Crippen molar-refractivity contribution in [1.29, 1.82) is 0 Å². The van der Waals surface area contributed by atoms with E-state index in [0.717, 1.165) is 24.1 Å². The highest BCUT2D eigenvalue weighted by Crippen LogP contribution is 2.30. The Morgan fingerprint density at radius 1 is 1.24 bits per heavy atom. The molecular formula is C15H19BrClN3S. The maximum Gasteiger partial charge on any atom is 0.180 e. The van der Waals surface area contributed by atoms with Crippen LogP contribution in [0.25, 0.3) is 0 Å². The van der Waals surface area contributed by atoms with Crippen LogP contribution in [0.3, 0.4) is 0 Å². The summed E-state index contributed by atoms with van der Waals surface area (Å²) in [4.78, 5) is 7.89. The number of anilines is 1. The minimum Gasteiger partial charge on any atom is -0.375 e. The van der Waals surface area contributed by atoms with Gasteiger partial charge < -0.3 is 5.73 Å². The number of halogens is 2. The van der Waals surface area contributed by atoms with Crippen LogP contribution in [0.2, 0.25) is 0 Å². The first-order chi connectivity index (χ1) is 9.70. The molecule has 114 valence electrons. The Morgan fingerprint density at radius 3 is 2.48 bits per heavy atom. The minimum absolute atomic E-state index is 0. The second kappa shape index (κ2) is 7.58. The molecule has 1 aromatic heterocycles. The van der Waals surface area contributed by atoms with Crippen LogP contribution in [0.1, 0.15) is 29.2 Å². The van der Waals surface area contributed by atoms with Crippen molar-refractivity contribution < 1.29 is 0 Å². The average molecular weight is 389 g/mol. The zero-order valence-electron chi connectivity index (χ0n) is 11.7. The van der Waals surface area contributed by atoms with E-state index in [1.165, 1.54) is 23.3 Å². The molecule has 2 N–H and O–H groups in total. The van der Waals surface area contributed by atoms with Gasteiger partial charge in [-0.1, -0.05) is 28.1 Å². The number of nitrogen functional groups attached to an aromatic ring is 1. The predicted molar refractivity (Wildman–Crippen MR) is 95.2 cm³/mol. The van der Waals surface area contributed by atoms with Crippen LogP contribution >= 0.6 is 39.7 Å². The third kappa shape index (κ3) is 4.42. The lowest BCUT2D eigenvalue weighted by Gasteiger charge is -2.31.